The summed E-state index contributed by atoms with van der Waals surface area (Å²) in [7, 11) is 0. The van der Waals surface area contributed by atoms with Gasteiger partial charge in [-0.05, 0) is 56.4 Å². The maximum Gasteiger partial charge on any atom is 0.490 e. The predicted molar refractivity (Wildman–Crippen MR) is 116 cm³/mol. The molecule has 3 saturated heterocycles. The molecule has 5 rings (SSSR count). The summed E-state index contributed by atoms with van der Waals surface area (Å²) in [6.45, 7) is 0. The molecule has 14 heteroatoms. The van der Waals surface area contributed by atoms with Crippen LogP contribution in [0, 0.1) is 40.6 Å². The second kappa shape index (κ2) is 10.1. The number of aliphatic carboxylic acids is 1. The van der Waals surface area contributed by atoms with Crippen LogP contribution in [0.15, 0.2) is 12.1 Å². The summed E-state index contributed by atoms with van der Waals surface area (Å²) in [6, 6.07) is 1.68. The molecule has 6 atom stereocenters. The number of hydrogen-bond donors (Lipinski definition) is 2. The van der Waals surface area contributed by atoms with Crippen LogP contribution in [0.5, 0.6) is 0 Å². The van der Waals surface area contributed by atoms with Gasteiger partial charge < -0.3 is 20.6 Å². The Labute approximate surface area is 213 Å². The number of nitrogens with two attached hydrogens (primary N) is 1. The zero-order chi connectivity index (χ0) is 28.1. The predicted octanol–water partition coefficient (Wildman–Crippen LogP) is 2.96. The number of carbonyl (C=O) groups is 3. The van der Waals surface area contributed by atoms with Crippen LogP contribution in [0.1, 0.15) is 48.9 Å². The number of halogens is 6. The Morgan fingerprint density at radius 3 is 2.05 bits per heavy atom. The first-order valence-electron chi connectivity index (χ1n) is 12.0. The van der Waals surface area contributed by atoms with Gasteiger partial charge >= 0.3 is 12.1 Å². The van der Waals surface area contributed by atoms with Crippen molar-refractivity contribution >= 4 is 17.8 Å². The van der Waals surface area contributed by atoms with Crippen molar-refractivity contribution in [3.8, 4) is 6.07 Å². The minimum absolute atomic E-state index is 0.123. The SMILES string of the molecule is N#C[C@@H]1C[C@@H]2C[C@@H]2N1C(=O)[C@@H](N)C1CC2CCC(C1)N2C(=O)c1cc(F)c(F)cc1F.O=C(O)C(F)(F)F. The van der Waals surface area contributed by atoms with E-state index in [0.717, 1.165) is 6.42 Å². The standard InChI is InChI=1S/C22H23F3N4O2.C2HF3O2/c23-16-8-18(25)17(24)7-15(16)21(30)28-12-1-2-13(28)5-11(4-12)20(27)22(31)29-14(9-26)3-10-6-19(10)29;3-2(4,5)1(6)7/h7-8,10-14,19-20H,1-6,27H2;(H,6,7)/t10-,11?,12?,13?,14+,19+,20+;/m1./s1. The molecule has 3 aliphatic heterocycles. The Balaban J connectivity index is 0.000000426. The second-order valence-corrected chi connectivity index (χ2v) is 10.1. The third kappa shape index (κ3) is 5.16. The average Bonchev–Trinajstić information content (AvgIpc) is 3.43. The molecule has 4 fully saturated rings. The third-order valence-electron chi connectivity index (χ3n) is 7.79. The van der Waals surface area contributed by atoms with Gasteiger partial charge in [-0.25, -0.2) is 18.0 Å². The zero-order valence-corrected chi connectivity index (χ0v) is 19.8. The Morgan fingerprint density at radius 1 is 0.974 bits per heavy atom. The summed E-state index contributed by atoms with van der Waals surface area (Å²) in [5.74, 6) is -7.06. The third-order valence-corrected chi connectivity index (χ3v) is 7.79. The number of carbonyl (C=O) groups excluding carboxylic acids is 2. The molecular formula is C24H24F6N4O4. The van der Waals surface area contributed by atoms with Crippen molar-refractivity contribution in [2.24, 2.45) is 17.6 Å². The second-order valence-electron chi connectivity index (χ2n) is 10.1. The van der Waals surface area contributed by atoms with Crippen molar-refractivity contribution in [3.63, 3.8) is 0 Å². The highest BCUT2D eigenvalue weighted by molar-refractivity contribution is 5.95. The molecule has 4 aliphatic rings. The molecular weight excluding hydrogens is 522 g/mol. The van der Waals surface area contributed by atoms with Gasteiger partial charge in [0.15, 0.2) is 11.6 Å². The van der Waals surface area contributed by atoms with Gasteiger partial charge in [-0.1, -0.05) is 0 Å². The van der Waals surface area contributed by atoms with E-state index in [1.54, 1.807) is 9.80 Å². The normalized spacial score (nSPS) is 30.1. The summed E-state index contributed by atoms with van der Waals surface area (Å²) in [5, 5.41) is 16.5. The maximum atomic E-state index is 14.2. The lowest BCUT2D eigenvalue weighted by Crippen LogP contribution is -2.55. The van der Waals surface area contributed by atoms with E-state index >= 15 is 0 Å². The Morgan fingerprint density at radius 2 is 1.53 bits per heavy atom. The Kier molecular flexibility index (Phi) is 7.35. The van der Waals surface area contributed by atoms with Gasteiger partial charge in [0.25, 0.3) is 5.91 Å². The Bertz CT molecular complexity index is 1170. The molecule has 0 radical (unpaired) electrons. The molecule has 206 valence electrons. The number of nitriles is 1. The first-order valence-corrected chi connectivity index (χ1v) is 12.0. The van der Waals surface area contributed by atoms with Crippen molar-refractivity contribution in [1.29, 1.82) is 5.26 Å². The van der Waals surface area contributed by atoms with Gasteiger partial charge in [-0.3, -0.25) is 9.59 Å². The average molecular weight is 546 g/mol. The quantitative estimate of drug-likeness (QED) is 0.443. The molecule has 1 aromatic carbocycles. The minimum atomic E-state index is -5.08. The van der Waals surface area contributed by atoms with E-state index in [-0.39, 0.29) is 30.0 Å². The van der Waals surface area contributed by atoms with Gasteiger partial charge in [0.05, 0.1) is 17.7 Å². The Hall–Kier alpha value is -3.34. The van der Waals surface area contributed by atoms with E-state index in [1.807, 2.05) is 0 Å². The number of benzene rings is 1. The fraction of sp³-hybridized carbons (Fsp3) is 0.583. The smallest absolute Gasteiger partial charge is 0.475 e. The van der Waals surface area contributed by atoms with E-state index in [9.17, 15) is 41.2 Å². The number of carboxylic acids is 1. The van der Waals surface area contributed by atoms with Crippen molar-refractivity contribution in [3.05, 3.63) is 35.1 Å². The molecule has 0 aromatic heterocycles. The number of carboxylic acid groups (broad SMARTS) is 1. The van der Waals surface area contributed by atoms with E-state index in [0.29, 0.717) is 50.2 Å². The number of nitrogens with zero attached hydrogens (tertiary/aromatic N) is 3. The van der Waals surface area contributed by atoms with E-state index in [4.69, 9.17) is 15.6 Å². The number of fused-ring (bicyclic) bond motifs is 3. The maximum absolute atomic E-state index is 14.2. The molecule has 1 aliphatic carbocycles. The summed E-state index contributed by atoms with van der Waals surface area (Å²) in [6.07, 6.45) is -1.10. The fourth-order valence-electron chi connectivity index (χ4n) is 5.93. The van der Waals surface area contributed by atoms with Crippen molar-refractivity contribution < 1.29 is 45.8 Å². The van der Waals surface area contributed by atoms with Gasteiger partial charge in [-0.15, -0.1) is 0 Å². The summed E-state index contributed by atoms with van der Waals surface area (Å²) < 4.78 is 72.7. The van der Waals surface area contributed by atoms with E-state index in [2.05, 4.69) is 6.07 Å². The van der Waals surface area contributed by atoms with Crippen molar-refractivity contribution in [2.75, 3.05) is 0 Å². The van der Waals surface area contributed by atoms with Gasteiger partial charge in [-0.2, -0.15) is 18.4 Å². The number of piperidine rings is 2. The molecule has 3 N–H and O–H groups in total. The zero-order valence-electron chi connectivity index (χ0n) is 19.8. The molecule has 2 unspecified atom stereocenters. The van der Waals surface area contributed by atoms with Gasteiger partial charge in [0.1, 0.15) is 11.9 Å². The lowest BCUT2D eigenvalue weighted by atomic mass is 9.84. The van der Waals surface area contributed by atoms with E-state index < -0.39 is 53.2 Å². The molecule has 8 nitrogen and oxygen atoms in total. The lowest BCUT2D eigenvalue weighted by Gasteiger charge is -2.41. The van der Waals surface area contributed by atoms with Crippen LogP contribution in [-0.4, -0.2) is 69.1 Å². The van der Waals surface area contributed by atoms with Crippen LogP contribution in [0.3, 0.4) is 0 Å². The number of rotatable bonds is 3. The monoisotopic (exact) mass is 546 g/mol. The van der Waals surface area contributed by atoms with Crippen LogP contribution in [0.25, 0.3) is 0 Å². The first-order chi connectivity index (χ1) is 17.7. The highest BCUT2D eigenvalue weighted by atomic mass is 19.4. The summed E-state index contributed by atoms with van der Waals surface area (Å²) in [4.78, 5) is 38.1. The number of likely N-dealkylation sites (tertiary alicyclic amines) is 1. The molecule has 38 heavy (non-hydrogen) atoms. The lowest BCUT2D eigenvalue weighted by molar-refractivity contribution is -0.192. The topological polar surface area (TPSA) is 128 Å². The molecule has 3 heterocycles. The van der Waals surface area contributed by atoms with Gasteiger partial charge in [0, 0.05) is 24.2 Å². The van der Waals surface area contributed by atoms with Crippen LogP contribution in [-0.2, 0) is 9.59 Å². The van der Waals surface area contributed by atoms with Crippen molar-refractivity contribution in [1.82, 2.24) is 9.80 Å². The number of alkyl halides is 3. The van der Waals surface area contributed by atoms with Crippen molar-refractivity contribution in [2.45, 2.75) is 74.9 Å². The highest BCUT2D eigenvalue weighted by Crippen LogP contribution is 2.48. The fourth-order valence-corrected chi connectivity index (χ4v) is 5.93. The van der Waals surface area contributed by atoms with E-state index in [1.165, 1.54) is 0 Å². The minimum Gasteiger partial charge on any atom is -0.475 e. The molecule has 0 spiro atoms. The highest BCUT2D eigenvalue weighted by Gasteiger charge is 2.56. The molecule has 2 amide bonds. The summed E-state index contributed by atoms with van der Waals surface area (Å²) in [5.41, 5.74) is 5.88. The largest absolute Gasteiger partial charge is 0.490 e. The first kappa shape index (κ1) is 27.7. The van der Waals surface area contributed by atoms with Crippen LogP contribution < -0.4 is 5.73 Å². The van der Waals surface area contributed by atoms with Crippen LogP contribution >= 0.6 is 0 Å². The van der Waals surface area contributed by atoms with Crippen LogP contribution in [0.2, 0.25) is 0 Å². The summed E-state index contributed by atoms with van der Waals surface area (Å²) >= 11 is 0. The molecule has 1 aromatic rings. The van der Waals surface area contributed by atoms with Crippen LogP contribution in [0.4, 0.5) is 26.3 Å². The number of hydrogen-bond acceptors (Lipinski definition) is 5. The molecule has 2 bridgehead atoms. The van der Waals surface area contributed by atoms with Gasteiger partial charge in [0.2, 0.25) is 5.91 Å². The number of amides is 2. The molecule has 1 saturated carbocycles.